The van der Waals surface area contributed by atoms with Crippen LogP contribution >= 0.6 is 11.6 Å². The minimum absolute atomic E-state index is 0.109. The van der Waals surface area contributed by atoms with E-state index in [1.165, 1.54) is 0 Å². The number of carbonyl (C=O) groups is 1. The Morgan fingerprint density at radius 1 is 1.38 bits per heavy atom. The number of aromatic nitrogens is 4. The first-order valence-electron chi connectivity index (χ1n) is 11.1. The minimum atomic E-state index is -0.980. The number of H-pyrrole nitrogens is 1. The third-order valence-electron chi connectivity index (χ3n) is 6.26. The van der Waals surface area contributed by atoms with Crippen LogP contribution in [0.5, 0.6) is 0 Å². The van der Waals surface area contributed by atoms with Crippen molar-refractivity contribution in [2.45, 2.75) is 64.5 Å². The van der Waals surface area contributed by atoms with E-state index in [2.05, 4.69) is 25.9 Å². The van der Waals surface area contributed by atoms with Gasteiger partial charge in [0, 0.05) is 25.7 Å². The van der Waals surface area contributed by atoms with Crippen LogP contribution in [0.25, 0.3) is 22.1 Å². The van der Waals surface area contributed by atoms with Crippen molar-refractivity contribution in [2.24, 2.45) is 11.8 Å². The van der Waals surface area contributed by atoms with Crippen LogP contribution in [0, 0.1) is 23.2 Å². The number of nitriles is 1. The van der Waals surface area contributed by atoms with E-state index in [1.54, 1.807) is 26.2 Å². The number of imidazole rings is 1. The lowest BCUT2D eigenvalue weighted by molar-refractivity contribution is -0.121. The average Bonchev–Trinajstić information content (AvgIpc) is 3.28. The fourth-order valence-corrected chi connectivity index (χ4v) is 4.81. The van der Waals surface area contributed by atoms with Crippen molar-refractivity contribution in [2.75, 3.05) is 6.54 Å². The number of hydrogen-bond acceptors (Lipinski definition) is 5. The molecule has 0 spiro atoms. The van der Waals surface area contributed by atoms with Crippen molar-refractivity contribution in [3.8, 4) is 6.07 Å². The van der Waals surface area contributed by atoms with Crippen molar-refractivity contribution in [3.63, 3.8) is 0 Å². The fourth-order valence-electron chi connectivity index (χ4n) is 4.57. The highest BCUT2D eigenvalue weighted by Crippen LogP contribution is 2.35. The number of fused-ring (bicyclic) bond motifs is 3. The smallest absolute Gasteiger partial charge is 0.227 e. The van der Waals surface area contributed by atoms with Crippen LogP contribution in [-0.4, -0.2) is 42.7 Å². The first-order valence-corrected chi connectivity index (χ1v) is 11.5. The fraction of sp³-hybridized carbons (Fsp3) is 0.565. The Labute approximate surface area is 192 Å². The van der Waals surface area contributed by atoms with Gasteiger partial charge < -0.3 is 20.0 Å². The maximum Gasteiger partial charge on any atom is 0.227 e. The molecule has 1 aliphatic carbocycles. The summed E-state index contributed by atoms with van der Waals surface area (Å²) in [6.07, 6.45) is 8.36. The normalized spacial score (nSPS) is 19.3. The molecule has 1 saturated carbocycles. The summed E-state index contributed by atoms with van der Waals surface area (Å²) in [5.41, 5.74) is 1.32. The number of aliphatic hydroxyl groups is 1. The third kappa shape index (κ3) is 4.89. The van der Waals surface area contributed by atoms with E-state index in [0.29, 0.717) is 40.3 Å². The molecule has 1 fully saturated rings. The SMILES string of the molecule is CC(C)(O)CNC(=O)Cc1nc2cnc3[nH]cc(Cl)c3c2n1CC1CCC(CC#N)CC1. The highest BCUT2D eigenvalue weighted by Gasteiger charge is 2.25. The lowest BCUT2D eigenvalue weighted by Gasteiger charge is -2.28. The zero-order valence-corrected chi connectivity index (χ0v) is 19.2. The molecule has 0 saturated heterocycles. The predicted octanol–water partition coefficient (Wildman–Crippen LogP) is 3.72. The average molecular weight is 457 g/mol. The quantitative estimate of drug-likeness (QED) is 0.500. The molecule has 170 valence electrons. The monoisotopic (exact) mass is 456 g/mol. The number of halogens is 1. The number of nitrogens with one attached hydrogen (secondary N) is 2. The van der Waals surface area contributed by atoms with E-state index < -0.39 is 5.60 Å². The van der Waals surface area contributed by atoms with E-state index >= 15 is 0 Å². The van der Waals surface area contributed by atoms with Crippen LogP contribution in [0.3, 0.4) is 0 Å². The molecule has 0 atom stereocenters. The van der Waals surface area contributed by atoms with Crippen molar-refractivity contribution in [1.29, 1.82) is 5.26 Å². The van der Waals surface area contributed by atoms with Crippen LogP contribution in [0.2, 0.25) is 5.02 Å². The van der Waals surface area contributed by atoms with Gasteiger partial charge in [-0.3, -0.25) is 4.79 Å². The van der Waals surface area contributed by atoms with E-state index in [1.807, 2.05) is 0 Å². The maximum absolute atomic E-state index is 12.6. The Morgan fingerprint density at radius 3 is 2.78 bits per heavy atom. The highest BCUT2D eigenvalue weighted by atomic mass is 35.5. The molecule has 3 heterocycles. The molecule has 3 aromatic rings. The second kappa shape index (κ2) is 9.08. The minimum Gasteiger partial charge on any atom is -0.389 e. The van der Waals surface area contributed by atoms with Gasteiger partial charge in [-0.15, -0.1) is 0 Å². The maximum atomic E-state index is 12.6. The molecule has 1 amide bonds. The first kappa shape index (κ1) is 22.6. The van der Waals surface area contributed by atoms with Gasteiger partial charge >= 0.3 is 0 Å². The van der Waals surface area contributed by atoms with Crippen LogP contribution in [-0.2, 0) is 17.8 Å². The molecule has 0 bridgehead atoms. The molecular weight excluding hydrogens is 428 g/mol. The molecule has 8 nitrogen and oxygen atoms in total. The van der Waals surface area contributed by atoms with Crippen molar-refractivity contribution in [1.82, 2.24) is 24.8 Å². The Balaban J connectivity index is 1.65. The molecule has 0 unspecified atom stereocenters. The summed E-state index contributed by atoms with van der Waals surface area (Å²) in [6.45, 7) is 4.22. The van der Waals surface area contributed by atoms with Gasteiger partial charge in [0.1, 0.15) is 17.0 Å². The van der Waals surface area contributed by atoms with Crippen LogP contribution in [0.15, 0.2) is 12.4 Å². The molecule has 0 aromatic carbocycles. The van der Waals surface area contributed by atoms with Gasteiger partial charge in [0.05, 0.1) is 40.2 Å². The molecule has 1 aliphatic rings. The second-order valence-electron chi connectivity index (χ2n) is 9.51. The lowest BCUT2D eigenvalue weighted by Crippen LogP contribution is -2.39. The molecular formula is C23H29ClN6O2. The topological polar surface area (TPSA) is 120 Å². The second-order valence-corrected chi connectivity index (χ2v) is 9.91. The third-order valence-corrected chi connectivity index (χ3v) is 6.56. The van der Waals surface area contributed by atoms with Gasteiger partial charge in [-0.2, -0.15) is 5.26 Å². The highest BCUT2D eigenvalue weighted by molar-refractivity contribution is 6.37. The van der Waals surface area contributed by atoms with E-state index in [4.69, 9.17) is 21.8 Å². The van der Waals surface area contributed by atoms with Gasteiger partial charge in [0.25, 0.3) is 0 Å². The number of amides is 1. The van der Waals surface area contributed by atoms with Gasteiger partial charge in [-0.25, -0.2) is 9.97 Å². The predicted molar refractivity (Wildman–Crippen MR) is 123 cm³/mol. The summed E-state index contributed by atoms with van der Waals surface area (Å²) in [7, 11) is 0. The lowest BCUT2D eigenvalue weighted by atomic mass is 9.80. The number of hydrogen-bond donors (Lipinski definition) is 3. The van der Waals surface area contributed by atoms with E-state index in [-0.39, 0.29) is 18.9 Å². The van der Waals surface area contributed by atoms with Crippen LogP contribution in [0.1, 0.15) is 51.8 Å². The molecule has 4 rings (SSSR count). The molecule has 32 heavy (non-hydrogen) atoms. The Morgan fingerprint density at radius 2 is 2.09 bits per heavy atom. The number of rotatable bonds is 7. The van der Waals surface area contributed by atoms with E-state index in [0.717, 1.165) is 43.1 Å². The summed E-state index contributed by atoms with van der Waals surface area (Å²) < 4.78 is 2.12. The first-order chi connectivity index (χ1) is 15.2. The van der Waals surface area contributed by atoms with Gasteiger partial charge in [-0.05, 0) is 51.4 Å². The Hall–Kier alpha value is -2.63. The molecule has 3 N–H and O–H groups in total. The summed E-state index contributed by atoms with van der Waals surface area (Å²) in [5.74, 6) is 1.41. The number of carbonyl (C=O) groups excluding carboxylic acids is 1. The zero-order valence-electron chi connectivity index (χ0n) is 18.5. The summed E-state index contributed by atoms with van der Waals surface area (Å²) in [6, 6.07) is 2.30. The molecule has 3 aromatic heterocycles. The largest absolute Gasteiger partial charge is 0.389 e. The summed E-state index contributed by atoms with van der Waals surface area (Å²) >= 11 is 6.49. The Bertz CT molecular complexity index is 1160. The van der Waals surface area contributed by atoms with Crippen molar-refractivity contribution in [3.05, 3.63) is 23.2 Å². The number of aromatic amines is 1. The molecule has 0 aliphatic heterocycles. The number of pyridine rings is 1. The van der Waals surface area contributed by atoms with Crippen molar-refractivity contribution < 1.29 is 9.90 Å². The zero-order chi connectivity index (χ0) is 22.9. The van der Waals surface area contributed by atoms with Crippen LogP contribution in [0.4, 0.5) is 0 Å². The summed E-state index contributed by atoms with van der Waals surface area (Å²) in [4.78, 5) is 24.9. The van der Waals surface area contributed by atoms with E-state index in [9.17, 15) is 9.90 Å². The molecule has 0 radical (unpaired) electrons. The van der Waals surface area contributed by atoms with Gasteiger partial charge in [0.2, 0.25) is 5.91 Å². The summed E-state index contributed by atoms with van der Waals surface area (Å²) in [5, 5.41) is 23.1. The van der Waals surface area contributed by atoms with Crippen molar-refractivity contribution >= 4 is 39.6 Å². The molecule has 9 heteroatoms. The Kier molecular flexibility index (Phi) is 6.40. The van der Waals surface area contributed by atoms with Crippen LogP contribution < -0.4 is 5.32 Å². The number of nitrogens with zero attached hydrogens (tertiary/aromatic N) is 4. The van der Waals surface area contributed by atoms with Gasteiger partial charge in [0.15, 0.2) is 0 Å². The van der Waals surface area contributed by atoms with Gasteiger partial charge in [-0.1, -0.05) is 11.6 Å². The standard InChI is InChI=1S/C23H29ClN6O2/c1-23(2,32)13-28-19(31)9-18-29-17-11-27-22-20(16(24)10-26-22)21(17)30(18)12-15-5-3-14(4-6-15)7-8-25/h10-11,14-15,32H,3-7,9,12-13H2,1-2H3,(H,26,27)(H,28,31).